The highest BCUT2D eigenvalue weighted by Crippen LogP contribution is 2.31. The zero-order valence-corrected chi connectivity index (χ0v) is 19.8. The SMILES string of the molecule is CCc1ccc(-n2c(-c3ccc(-c4ccccc4)cc3)nnc2-c2ccc(N(C)C)cc2)cc1. The molecule has 0 radical (unpaired) electrons. The van der Waals surface area contributed by atoms with Gasteiger partial charge in [-0.3, -0.25) is 4.57 Å². The largest absolute Gasteiger partial charge is 0.378 e. The molecule has 0 N–H and O–H groups in total. The minimum absolute atomic E-state index is 0.829. The van der Waals surface area contributed by atoms with Crippen molar-refractivity contribution in [1.82, 2.24) is 14.8 Å². The van der Waals surface area contributed by atoms with Gasteiger partial charge < -0.3 is 4.90 Å². The molecule has 4 nitrogen and oxygen atoms in total. The van der Waals surface area contributed by atoms with Gasteiger partial charge >= 0.3 is 0 Å². The van der Waals surface area contributed by atoms with Crippen molar-refractivity contribution in [1.29, 1.82) is 0 Å². The fraction of sp³-hybridized carbons (Fsp3) is 0.133. The Bertz CT molecular complexity index is 1370. The molecule has 0 atom stereocenters. The monoisotopic (exact) mass is 444 g/mol. The minimum atomic E-state index is 0.829. The number of anilines is 1. The van der Waals surface area contributed by atoms with Crippen LogP contribution in [-0.2, 0) is 6.42 Å². The standard InChI is InChI=1S/C30H28N4/c1-4-22-10-18-28(19-11-22)34-29(25-14-12-24(13-15-25)23-8-6-5-7-9-23)31-32-30(34)26-16-20-27(21-17-26)33(2)3/h5-21H,4H2,1-3H3. The molecule has 0 fully saturated rings. The number of rotatable bonds is 6. The second-order valence-electron chi connectivity index (χ2n) is 8.59. The van der Waals surface area contributed by atoms with E-state index >= 15 is 0 Å². The van der Waals surface area contributed by atoms with Crippen LogP contribution < -0.4 is 4.90 Å². The van der Waals surface area contributed by atoms with Gasteiger partial charge in [-0.25, -0.2) is 0 Å². The van der Waals surface area contributed by atoms with Crippen LogP contribution in [0, 0.1) is 0 Å². The van der Waals surface area contributed by atoms with E-state index in [9.17, 15) is 0 Å². The van der Waals surface area contributed by atoms with Crippen LogP contribution in [0.3, 0.4) is 0 Å². The molecule has 0 aliphatic rings. The number of benzene rings is 4. The van der Waals surface area contributed by atoms with E-state index in [1.165, 1.54) is 16.7 Å². The van der Waals surface area contributed by atoms with Crippen LogP contribution >= 0.6 is 0 Å². The summed E-state index contributed by atoms with van der Waals surface area (Å²) < 4.78 is 2.15. The van der Waals surface area contributed by atoms with Gasteiger partial charge in [-0.05, 0) is 59.5 Å². The molecule has 5 rings (SSSR count). The van der Waals surface area contributed by atoms with Gasteiger partial charge in [-0.15, -0.1) is 10.2 Å². The van der Waals surface area contributed by atoms with Crippen molar-refractivity contribution in [2.45, 2.75) is 13.3 Å². The van der Waals surface area contributed by atoms with Gasteiger partial charge in [-0.2, -0.15) is 0 Å². The Kier molecular flexibility index (Phi) is 5.96. The molecule has 0 unspecified atom stereocenters. The molecule has 168 valence electrons. The molecule has 4 heteroatoms. The first kappa shape index (κ1) is 21.7. The van der Waals surface area contributed by atoms with Crippen molar-refractivity contribution < 1.29 is 0 Å². The summed E-state index contributed by atoms with van der Waals surface area (Å²) in [6, 6.07) is 36.1. The average Bonchev–Trinajstić information content (AvgIpc) is 3.34. The lowest BCUT2D eigenvalue weighted by molar-refractivity contribution is 1.06. The quantitative estimate of drug-likeness (QED) is 0.286. The summed E-state index contributed by atoms with van der Waals surface area (Å²) in [5, 5.41) is 9.28. The maximum atomic E-state index is 4.64. The van der Waals surface area contributed by atoms with Gasteiger partial charge in [0.25, 0.3) is 0 Å². The highest BCUT2D eigenvalue weighted by atomic mass is 15.3. The van der Waals surface area contributed by atoms with E-state index in [0.29, 0.717) is 0 Å². The van der Waals surface area contributed by atoms with E-state index in [1.807, 2.05) is 20.2 Å². The summed E-state index contributed by atoms with van der Waals surface area (Å²) in [4.78, 5) is 2.09. The Balaban J connectivity index is 1.61. The maximum absolute atomic E-state index is 4.64. The van der Waals surface area contributed by atoms with Crippen LogP contribution in [0.4, 0.5) is 5.69 Å². The molecular formula is C30H28N4. The molecule has 0 spiro atoms. The number of aryl methyl sites for hydroxylation is 1. The van der Waals surface area contributed by atoms with Crippen molar-refractivity contribution in [2.24, 2.45) is 0 Å². The molecular weight excluding hydrogens is 416 g/mol. The molecule has 1 aromatic heterocycles. The molecule has 0 saturated heterocycles. The number of nitrogens with zero attached hydrogens (tertiary/aromatic N) is 4. The zero-order chi connectivity index (χ0) is 23.5. The average molecular weight is 445 g/mol. The topological polar surface area (TPSA) is 34.0 Å². The van der Waals surface area contributed by atoms with Crippen LogP contribution in [-0.4, -0.2) is 28.9 Å². The lowest BCUT2D eigenvalue weighted by Gasteiger charge is -2.14. The van der Waals surface area contributed by atoms with E-state index in [2.05, 4.69) is 124 Å². The Hall–Kier alpha value is -4.18. The van der Waals surface area contributed by atoms with Gasteiger partial charge in [0.15, 0.2) is 11.6 Å². The van der Waals surface area contributed by atoms with Crippen LogP contribution in [0.5, 0.6) is 0 Å². The van der Waals surface area contributed by atoms with Gasteiger partial charge in [0.05, 0.1) is 0 Å². The van der Waals surface area contributed by atoms with Crippen LogP contribution in [0.1, 0.15) is 12.5 Å². The fourth-order valence-corrected chi connectivity index (χ4v) is 4.13. The molecule has 1 heterocycles. The predicted molar refractivity (Wildman–Crippen MR) is 141 cm³/mol. The highest BCUT2D eigenvalue weighted by molar-refractivity contribution is 5.71. The van der Waals surface area contributed by atoms with Crippen molar-refractivity contribution in [3.8, 4) is 39.6 Å². The van der Waals surface area contributed by atoms with E-state index in [-0.39, 0.29) is 0 Å². The first-order valence-electron chi connectivity index (χ1n) is 11.6. The summed E-state index contributed by atoms with van der Waals surface area (Å²) in [5.41, 5.74) is 7.96. The second kappa shape index (κ2) is 9.36. The minimum Gasteiger partial charge on any atom is -0.378 e. The van der Waals surface area contributed by atoms with E-state index in [0.717, 1.165) is 40.6 Å². The van der Waals surface area contributed by atoms with E-state index in [4.69, 9.17) is 0 Å². The maximum Gasteiger partial charge on any atom is 0.168 e. The summed E-state index contributed by atoms with van der Waals surface area (Å²) in [7, 11) is 4.09. The lowest BCUT2D eigenvalue weighted by Crippen LogP contribution is -2.08. The third-order valence-corrected chi connectivity index (χ3v) is 6.16. The van der Waals surface area contributed by atoms with Crippen molar-refractivity contribution in [2.75, 3.05) is 19.0 Å². The van der Waals surface area contributed by atoms with Crippen molar-refractivity contribution >= 4 is 5.69 Å². The van der Waals surface area contributed by atoms with Gasteiger partial charge in [-0.1, -0.05) is 73.7 Å². The normalized spacial score (nSPS) is 10.9. The second-order valence-corrected chi connectivity index (χ2v) is 8.59. The molecule has 0 amide bonds. The lowest BCUT2D eigenvalue weighted by atomic mass is 10.0. The molecule has 0 aliphatic heterocycles. The van der Waals surface area contributed by atoms with Gasteiger partial charge in [0.2, 0.25) is 0 Å². The Labute approximate surface area is 201 Å². The summed E-state index contributed by atoms with van der Waals surface area (Å²) in [6.45, 7) is 2.17. The zero-order valence-electron chi connectivity index (χ0n) is 19.8. The van der Waals surface area contributed by atoms with E-state index in [1.54, 1.807) is 0 Å². The highest BCUT2D eigenvalue weighted by Gasteiger charge is 2.17. The van der Waals surface area contributed by atoms with Crippen LogP contribution in [0.15, 0.2) is 103 Å². The molecule has 0 bridgehead atoms. The van der Waals surface area contributed by atoms with Crippen LogP contribution in [0.25, 0.3) is 39.6 Å². The smallest absolute Gasteiger partial charge is 0.168 e. The molecule has 34 heavy (non-hydrogen) atoms. The third kappa shape index (κ3) is 4.23. The Morgan fingerprint density at radius 3 is 1.62 bits per heavy atom. The molecule has 0 aliphatic carbocycles. The number of hydrogen-bond donors (Lipinski definition) is 0. The summed E-state index contributed by atoms with van der Waals surface area (Å²) >= 11 is 0. The van der Waals surface area contributed by atoms with Gasteiger partial charge in [0.1, 0.15) is 0 Å². The molecule has 0 saturated carbocycles. The summed E-state index contributed by atoms with van der Waals surface area (Å²) in [5.74, 6) is 1.66. The van der Waals surface area contributed by atoms with Crippen molar-refractivity contribution in [3.63, 3.8) is 0 Å². The third-order valence-electron chi connectivity index (χ3n) is 6.16. The first-order valence-corrected chi connectivity index (χ1v) is 11.6. The van der Waals surface area contributed by atoms with Crippen LogP contribution in [0.2, 0.25) is 0 Å². The Morgan fingerprint density at radius 2 is 1.09 bits per heavy atom. The number of hydrogen-bond acceptors (Lipinski definition) is 3. The molecule has 5 aromatic rings. The predicted octanol–water partition coefficient (Wildman–Crippen LogP) is 6.90. The van der Waals surface area contributed by atoms with Crippen molar-refractivity contribution in [3.05, 3.63) is 109 Å². The summed E-state index contributed by atoms with van der Waals surface area (Å²) in [6.07, 6.45) is 1.01. The number of aromatic nitrogens is 3. The Morgan fingerprint density at radius 1 is 0.588 bits per heavy atom. The first-order chi connectivity index (χ1) is 16.6. The fourth-order valence-electron chi connectivity index (χ4n) is 4.13. The van der Waals surface area contributed by atoms with E-state index < -0.39 is 0 Å². The molecule has 4 aromatic carbocycles. The van der Waals surface area contributed by atoms with Gasteiger partial charge in [0, 0.05) is 36.6 Å².